The molecule has 2 aliphatic heterocycles. The second kappa shape index (κ2) is 11.4. The Morgan fingerprint density at radius 2 is 1.93 bits per heavy atom. The van der Waals surface area contributed by atoms with E-state index in [0.717, 1.165) is 11.1 Å². The summed E-state index contributed by atoms with van der Waals surface area (Å²) in [5.41, 5.74) is -0.497. The molecule has 0 saturated carbocycles. The van der Waals surface area contributed by atoms with E-state index in [1.807, 2.05) is 27.0 Å². The number of esters is 1. The van der Waals surface area contributed by atoms with Gasteiger partial charge in [-0.25, -0.2) is 4.79 Å². The summed E-state index contributed by atoms with van der Waals surface area (Å²) >= 11 is 0. The summed E-state index contributed by atoms with van der Waals surface area (Å²) in [6.45, 7) is 5.55. The van der Waals surface area contributed by atoms with Crippen molar-refractivity contribution in [1.82, 2.24) is 10.2 Å². The molecule has 13 heteroatoms. The third kappa shape index (κ3) is 5.16. The first-order valence-electron chi connectivity index (χ1n) is 14.6. The largest absolute Gasteiger partial charge is 0.504 e. The SMILES string of the molecule is CC(C)C[C@H](NC(=O)[C@H](C)OC(O)[C@@H](O)CC(=O)OC1=CC[C@@]2(O)[C@H]3Cc4ccc(O)c5c4C2(CCN3C)[C@H]1O5)C(=O)O. The maximum atomic E-state index is 13.0. The van der Waals surface area contributed by atoms with Crippen LogP contribution >= 0.6 is 0 Å². The summed E-state index contributed by atoms with van der Waals surface area (Å²) in [7, 11) is 1.96. The van der Waals surface area contributed by atoms with Crippen molar-refractivity contribution in [3.05, 3.63) is 35.1 Å². The second-order valence-corrected chi connectivity index (χ2v) is 12.5. The number of ether oxygens (including phenoxy) is 3. The quantitative estimate of drug-likeness (QED) is 0.150. The highest BCUT2D eigenvalue weighted by atomic mass is 16.6. The number of hydrogen-bond donors (Lipinski definition) is 6. The van der Waals surface area contributed by atoms with Gasteiger partial charge in [-0.05, 0) is 63.4 Å². The van der Waals surface area contributed by atoms with Crippen molar-refractivity contribution in [3.63, 3.8) is 0 Å². The average Bonchev–Trinajstić information content (AvgIpc) is 3.29. The number of aliphatic carboxylic acids is 1. The average molecular weight is 605 g/mol. The fraction of sp³-hybridized carbons (Fsp3) is 0.633. The zero-order valence-corrected chi connectivity index (χ0v) is 24.6. The normalized spacial score (nSPS) is 29.9. The molecule has 2 heterocycles. The lowest BCUT2D eigenvalue weighted by atomic mass is 9.50. The molecule has 2 aliphatic carbocycles. The van der Waals surface area contributed by atoms with Gasteiger partial charge in [0.1, 0.15) is 24.0 Å². The van der Waals surface area contributed by atoms with Gasteiger partial charge >= 0.3 is 11.9 Å². The molecule has 236 valence electrons. The van der Waals surface area contributed by atoms with Crippen LogP contribution in [0.3, 0.4) is 0 Å². The number of nitrogens with zero attached hydrogens (tertiary/aromatic N) is 1. The van der Waals surface area contributed by atoms with Crippen molar-refractivity contribution in [1.29, 1.82) is 0 Å². The number of carbonyl (C=O) groups is 3. The van der Waals surface area contributed by atoms with Crippen LogP contribution in [-0.4, -0.2) is 104 Å². The molecule has 6 N–H and O–H groups in total. The smallest absolute Gasteiger partial charge is 0.326 e. The third-order valence-electron chi connectivity index (χ3n) is 9.32. The standard InChI is InChI=1S/C30H40N2O11/c1-14(2)11-17(27(37)38)31-26(36)15(3)41-28(39)19(34)13-22(35)42-20-7-8-30(40)21-12-16-5-6-18(33)24-23(16)29(30,25(20)43-24)9-10-32(21)4/h5-7,14-15,17,19,21,25,28,33-34,39-40H,8-13H2,1-4H3,(H,31,36)(H,37,38)/t15-,17-,19-,21+,25-,28?,29?,30+/m0/s1. The molecule has 1 spiro atoms. The zero-order chi connectivity index (χ0) is 31.4. The first kappa shape index (κ1) is 31.2. The van der Waals surface area contributed by atoms with Gasteiger partial charge in [0.05, 0.1) is 17.4 Å². The summed E-state index contributed by atoms with van der Waals surface area (Å²) in [4.78, 5) is 39.0. The fourth-order valence-electron chi connectivity index (χ4n) is 7.23. The van der Waals surface area contributed by atoms with E-state index >= 15 is 0 Å². The van der Waals surface area contributed by atoms with E-state index in [4.69, 9.17) is 14.2 Å². The van der Waals surface area contributed by atoms with Crippen LogP contribution in [-0.2, 0) is 35.7 Å². The van der Waals surface area contributed by atoms with Crippen molar-refractivity contribution in [2.75, 3.05) is 13.6 Å². The molecule has 2 unspecified atom stereocenters. The van der Waals surface area contributed by atoms with Crippen LogP contribution in [0.15, 0.2) is 24.0 Å². The molecular weight excluding hydrogens is 564 g/mol. The summed E-state index contributed by atoms with van der Waals surface area (Å²) in [5.74, 6) is -2.58. The van der Waals surface area contributed by atoms with Crippen LogP contribution in [0.1, 0.15) is 57.6 Å². The number of carboxylic acids is 1. The Hall–Kier alpha value is -3.23. The Kier molecular flexibility index (Phi) is 8.24. The summed E-state index contributed by atoms with van der Waals surface area (Å²) < 4.78 is 17.1. The van der Waals surface area contributed by atoms with E-state index < -0.39 is 65.9 Å². The maximum absolute atomic E-state index is 13.0. The van der Waals surface area contributed by atoms with Crippen molar-refractivity contribution >= 4 is 17.8 Å². The highest BCUT2D eigenvalue weighted by Gasteiger charge is 2.72. The predicted octanol–water partition coefficient (Wildman–Crippen LogP) is 0.303. The van der Waals surface area contributed by atoms with Gasteiger partial charge in [0.15, 0.2) is 23.9 Å². The van der Waals surface area contributed by atoms with Gasteiger partial charge in [0.2, 0.25) is 5.91 Å². The van der Waals surface area contributed by atoms with Crippen LogP contribution in [0.4, 0.5) is 0 Å². The molecule has 43 heavy (non-hydrogen) atoms. The summed E-state index contributed by atoms with van der Waals surface area (Å²) in [6.07, 6.45) is -3.62. The molecule has 2 bridgehead atoms. The van der Waals surface area contributed by atoms with E-state index in [-0.39, 0.29) is 42.1 Å². The minimum Gasteiger partial charge on any atom is -0.504 e. The number of phenolic OH excluding ortho intramolecular Hbond substituents is 1. The van der Waals surface area contributed by atoms with Gasteiger partial charge in [0.25, 0.3) is 0 Å². The first-order valence-corrected chi connectivity index (χ1v) is 14.6. The first-order chi connectivity index (χ1) is 20.2. The molecule has 13 nitrogen and oxygen atoms in total. The minimum atomic E-state index is -1.95. The molecule has 1 aromatic carbocycles. The summed E-state index contributed by atoms with van der Waals surface area (Å²) in [6, 6.07) is 2.03. The highest BCUT2D eigenvalue weighted by Crippen LogP contribution is 2.65. The number of piperidine rings is 1. The van der Waals surface area contributed by atoms with Gasteiger partial charge in [-0.15, -0.1) is 0 Å². The lowest BCUT2D eigenvalue weighted by molar-refractivity contribution is -0.194. The number of aliphatic hydroxyl groups excluding tert-OH is 2. The second-order valence-electron chi connectivity index (χ2n) is 12.5. The predicted molar refractivity (Wildman–Crippen MR) is 149 cm³/mol. The Morgan fingerprint density at radius 3 is 2.60 bits per heavy atom. The molecule has 1 saturated heterocycles. The van der Waals surface area contributed by atoms with Crippen molar-refractivity contribution in [2.24, 2.45) is 5.92 Å². The van der Waals surface area contributed by atoms with E-state index in [9.17, 15) is 39.9 Å². The number of rotatable bonds is 11. The Labute approximate surface area is 249 Å². The van der Waals surface area contributed by atoms with Gasteiger partial charge in [-0.3, -0.25) is 9.59 Å². The minimum absolute atomic E-state index is 0.000685. The molecule has 5 rings (SSSR count). The molecular formula is C30H40N2O11. The van der Waals surface area contributed by atoms with Crippen molar-refractivity contribution < 1.29 is 54.1 Å². The molecule has 0 radical (unpaired) electrons. The number of carbonyl (C=O) groups excluding carboxylic acids is 2. The molecule has 1 fully saturated rings. The Morgan fingerprint density at radius 1 is 1.21 bits per heavy atom. The van der Waals surface area contributed by atoms with Crippen LogP contribution in [0, 0.1) is 5.92 Å². The Bertz CT molecular complexity index is 1330. The van der Waals surface area contributed by atoms with Gasteiger partial charge in [0, 0.05) is 18.0 Å². The zero-order valence-electron chi connectivity index (χ0n) is 24.6. The molecule has 4 aliphatic rings. The van der Waals surface area contributed by atoms with E-state index in [0.29, 0.717) is 19.4 Å². The summed E-state index contributed by atoms with van der Waals surface area (Å²) in [5, 5.41) is 55.3. The fourth-order valence-corrected chi connectivity index (χ4v) is 7.23. The van der Waals surface area contributed by atoms with Gasteiger partial charge < -0.3 is 50.0 Å². The van der Waals surface area contributed by atoms with Crippen LogP contribution in [0.2, 0.25) is 0 Å². The lowest BCUT2D eigenvalue weighted by Crippen LogP contribution is -2.74. The topological polar surface area (TPSA) is 195 Å². The number of carboxylic acid groups (broad SMARTS) is 1. The number of nitrogens with one attached hydrogen (secondary N) is 1. The van der Waals surface area contributed by atoms with Crippen molar-refractivity contribution in [3.8, 4) is 11.5 Å². The van der Waals surface area contributed by atoms with Crippen LogP contribution in [0.25, 0.3) is 0 Å². The molecule has 1 aromatic rings. The molecule has 0 aromatic heterocycles. The van der Waals surface area contributed by atoms with E-state index in [1.54, 1.807) is 12.1 Å². The number of aliphatic hydroxyl groups is 3. The number of phenols is 1. The number of aromatic hydroxyl groups is 1. The Balaban J connectivity index is 1.25. The number of likely N-dealkylation sites (N-methyl/N-ethyl adjacent to an activating group) is 1. The van der Waals surface area contributed by atoms with Gasteiger partial charge in [-0.2, -0.15) is 0 Å². The van der Waals surface area contributed by atoms with Crippen LogP contribution in [0.5, 0.6) is 11.5 Å². The maximum Gasteiger partial charge on any atom is 0.326 e. The molecule has 1 amide bonds. The van der Waals surface area contributed by atoms with E-state index in [1.165, 1.54) is 6.92 Å². The monoisotopic (exact) mass is 604 g/mol. The lowest BCUT2D eigenvalue weighted by Gasteiger charge is -2.61. The van der Waals surface area contributed by atoms with E-state index in [2.05, 4.69) is 10.2 Å². The van der Waals surface area contributed by atoms with Gasteiger partial charge in [-0.1, -0.05) is 19.9 Å². The van der Waals surface area contributed by atoms with Crippen LogP contribution < -0.4 is 10.1 Å². The third-order valence-corrected chi connectivity index (χ3v) is 9.32. The number of benzene rings is 1. The number of amides is 1. The highest BCUT2D eigenvalue weighted by molar-refractivity contribution is 5.86. The number of likely N-dealkylation sites (tertiary alicyclic amines) is 1. The number of hydrogen-bond acceptors (Lipinski definition) is 11. The van der Waals surface area contributed by atoms with Crippen molar-refractivity contribution in [2.45, 2.75) is 101 Å². The molecule has 8 atom stereocenters.